The van der Waals surface area contributed by atoms with Crippen LogP contribution in [0.25, 0.3) is 0 Å². The van der Waals surface area contributed by atoms with Crippen LogP contribution in [0.5, 0.6) is 0 Å². The molecule has 3 aliphatic heterocycles. The second-order valence-electron chi connectivity index (χ2n) is 6.99. The number of nitrogens with zero attached hydrogens (tertiary/aromatic N) is 3. The normalized spacial score (nSPS) is 21.7. The summed E-state index contributed by atoms with van der Waals surface area (Å²) in [7, 11) is 6.13. The number of benzene rings is 2. The van der Waals surface area contributed by atoms with Gasteiger partial charge in [0.1, 0.15) is 5.69 Å². The highest BCUT2D eigenvalue weighted by molar-refractivity contribution is 8.29. The second kappa shape index (κ2) is 7.63. The predicted molar refractivity (Wildman–Crippen MR) is 110 cm³/mol. The quantitative estimate of drug-likeness (QED) is 0.695. The highest BCUT2D eigenvalue weighted by Crippen LogP contribution is 2.45. The lowest BCUT2D eigenvalue weighted by Gasteiger charge is -2.30. The molecule has 1 unspecified atom stereocenters. The molecule has 5 nitrogen and oxygen atoms in total. The molecular formula is C20H21ClFN3O2S. The molecule has 2 saturated heterocycles. The molecule has 8 heteroatoms. The molecule has 0 spiro atoms. The summed E-state index contributed by atoms with van der Waals surface area (Å²) >= 11 is 0. The van der Waals surface area contributed by atoms with E-state index in [0.29, 0.717) is 18.9 Å². The van der Waals surface area contributed by atoms with Crippen LogP contribution in [0.15, 0.2) is 40.2 Å². The van der Waals surface area contributed by atoms with Crippen LogP contribution >= 0.6 is 20.4 Å². The van der Waals surface area contributed by atoms with Gasteiger partial charge in [-0.1, -0.05) is 9.70 Å². The Balaban J connectivity index is 1.59. The maximum absolute atomic E-state index is 14.9. The van der Waals surface area contributed by atoms with Gasteiger partial charge in [-0.2, -0.15) is 0 Å². The van der Waals surface area contributed by atoms with Crippen LogP contribution in [0.3, 0.4) is 0 Å². The molecule has 3 aliphatic rings. The third-order valence-electron chi connectivity index (χ3n) is 5.33. The molecule has 0 amide bonds. The van der Waals surface area contributed by atoms with Crippen LogP contribution < -0.4 is 15.2 Å². The van der Waals surface area contributed by atoms with Gasteiger partial charge >= 0.3 is 0 Å². The molecule has 1 atom stereocenters. The molecule has 3 heterocycles. The van der Waals surface area contributed by atoms with Gasteiger partial charge in [-0.25, -0.2) is 9.38 Å². The molecular weight excluding hydrogens is 401 g/mol. The van der Waals surface area contributed by atoms with Crippen molar-refractivity contribution in [1.29, 1.82) is 0 Å². The van der Waals surface area contributed by atoms with Crippen molar-refractivity contribution in [1.82, 2.24) is 0 Å². The predicted octanol–water partition coefficient (Wildman–Crippen LogP) is 3.50. The zero-order valence-corrected chi connectivity index (χ0v) is 16.9. The van der Waals surface area contributed by atoms with Gasteiger partial charge in [0.15, 0.2) is 5.82 Å². The Kier molecular flexibility index (Phi) is 5.00. The Morgan fingerprint density at radius 3 is 2.21 bits per heavy atom. The average Bonchev–Trinajstić information content (AvgIpc) is 2.75. The van der Waals surface area contributed by atoms with E-state index in [2.05, 4.69) is 20.9 Å². The fourth-order valence-corrected chi connectivity index (χ4v) is 5.82. The van der Waals surface area contributed by atoms with Crippen molar-refractivity contribution in [2.45, 2.75) is 4.90 Å². The highest BCUT2D eigenvalue weighted by atomic mass is 35.7. The first-order valence-electron chi connectivity index (χ1n) is 9.46. The number of ether oxygens (including phenoxy) is 2. The minimum atomic E-state index is -0.757. The van der Waals surface area contributed by atoms with Crippen molar-refractivity contribution in [3.63, 3.8) is 0 Å². The average molecular weight is 422 g/mol. The van der Waals surface area contributed by atoms with Crippen molar-refractivity contribution in [3.05, 3.63) is 46.0 Å². The van der Waals surface area contributed by atoms with E-state index in [-0.39, 0.29) is 5.82 Å². The molecule has 0 N–H and O–H groups in total. The van der Waals surface area contributed by atoms with Crippen molar-refractivity contribution in [3.8, 4) is 0 Å². The Labute approximate surface area is 169 Å². The zero-order chi connectivity index (χ0) is 19.1. The number of anilines is 2. The van der Waals surface area contributed by atoms with Crippen LogP contribution in [0, 0.1) is 10.3 Å². The Hall–Kier alpha value is -1.67. The lowest BCUT2D eigenvalue weighted by molar-refractivity contribution is 0.122. The van der Waals surface area contributed by atoms with Crippen LogP contribution in [-0.4, -0.2) is 52.6 Å². The Morgan fingerprint density at radius 1 is 0.893 bits per heavy atom. The van der Waals surface area contributed by atoms with E-state index in [1.165, 1.54) is 0 Å². The van der Waals surface area contributed by atoms with Crippen LogP contribution in [-0.2, 0) is 9.47 Å². The number of halogens is 2. The van der Waals surface area contributed by atoms with E-state index in [9.17, 15) is 4.39 Å². The summed E-state index contributed by atoms with van der Waals surface area (Å²) in [6, 6.07) is 9.64. The van der Waals surface area contributed by atoms with Gasteiger partial charge in [0, 0.05) is 47.0 Å². The summed E-state index contributed by atoms with van der Waals surface area (Å²) in [5.41, 5.74) is 2.33. The molecule has 5 rings (SSSR count). The second-order valence-corrected chi connectivity index (χ2v) is 9.31. The molecule has 2 aromatic carbocycles. The minimum Gasteiger partial charge on any atom is -0.378 e. The van der Waals surface area contributed by atoms with E-state index >= 15 is 0 Å². The molecule has 28 heavy (non-hydrogen) atoms. The summed E-state index contributed by atoms with van der Waals surface area (Å²) in [4.78, 5) is 9.78. The van der Waals surface area contributed by atoms with Crippen LogP contribution in [0.1, 0.15) is 0 Å². The van der Waals surface area contributed by atoms with Gasteiger partial charge in [0.05, 0.1) is 31.8 Å². The van der Waals surface area contributed by atoms with Gasteiger partial charge in [0.25, 0.3) is 0 Å². The third kappa shape index (κ3) is 3.30. The van der Waals surface area contributed by atoms with Crippen molar-refractivity contribution < 1.29 is 13.9 Å². The van der Waals surface area contributed by atoms with E-state index in [1.54, 1.807) is 6.07 Å². The number of hydrogen-bond acceptors (Lipinski definition) is 5. The molecule has 0 radical (unpaired) electrons. The maximum atomic E-state index is 14.9. The number of rotatable bonds is 2. The van der Waals surface area contributed by atoms with Crippen molar-refractivity contribution in [2.75, 3.05) is 62.4 Å². The summed E-state index contributed by atoms with van der Waals surface area (Å²) in [5, 5.41) is 0.751. The molecule has 2 aromatic rings. The molecule has 0 aromatic heterocycles. The van der Waals surface area contributed by atoms with Gasteiger partial charge in [-0.05, 0) is 41.0 Å². The van der Waals surface area contributed by atoms with Crippen LogP contribution in [0.2, 0.25) is 0 Å². The zero-order valence-electron chi connectivity index (χ0n) is 15.4. The fourth-order valence-electron chi connectivity index (χ4n) is 3.81. The summed E-state index contributed by atoms with van der Waals surface area (Å²) in [5.74, 6) is -0.319. The smallest absolute Gasteiger partial charge is 0.152 e. The maximum Gasteiger partial charge on any atom is 0.152 e. The van der Waals surface area contributed by atoms with E-state index in [1.807, 2.05) is 18.2 Å². The monoisotopic (exact) mass is 421 g/mol. The minimum absolute atomic E-state index is 0.319. The Morgan fingerprint density at radius 2 is 1.54 bits per heavy atom. The standard InChI is InChI=1S/C20H21ClFN3O2S/c21-28-18-12-14(24-3-7-26-8-4-24)1-2-17(18)23-20-16(22)11-15(13-19(20)28)25-5-9-27-10-6-25/h1-2,11-13H,3-10H2. The summed E-state index contributed by atoms with van der Waals surface area (Å²) in [6.07, 6.45) is 0. The summed E-state index contributed by atoms with van der Waals surface area (Å²) in [6.45, 7) is 5.99. The first-order chi connectivity index (χ1) is 13.7. The summed E-state index contributed by atoms with van der Waals surface area (Å²) < 4.78 is 26.7. The van der Waals surface area contributed by atoms with Gasteiger partial charge < -0.3 is 19.3 Å². The number of morpholine rings is 2. The lowest BCUT2D eigenvalue weighted by atomic mass is 10.2. The van der Waals surface area contributed by atoms with Gasteiger partial charge in [-0.15, -0.1) is 0 Å². The largest absolute Gasteiger partial charge is 0.378 e. The SMILES string of the molecule is Fc1cc(N2CCOCC2)cc2c1N=c1ccc(N3CCOCC3)cc1=S2Cl. The third-order valence-corrected chi connectivity index (χ3v) is 7.74. The van der Waals surface area contributed by atoms with E-state index in [4.69, 9.17) is 20.2 Å². The number of fused-ring (bicyclic) bond motifs is 2. The Bertz CT molecular complexity index is 1040. The fraction of sp³-hybridized carbons (Fsp3) is 0.400. The van der Waals surface area contributed by atoms with Crippen molar-refractivity contribution in [2.24, 2.45) is 4.99 Å². The molecule has 0 aliphatic carbocycles. The van der Waals surface area contributed by atoms with Gasteiger partial charge in [0.2, 0.25) is 0 Å². The topological polar surface area (TPSA) is 37.3 Å². The van der Waals surface area contributed by atoms with Crippen LogP contribution in [0.4, 0.5) is 21.5 Å². The number of hydrogen-bond donors (Lipinski definition) is 0. The first kappa shape index (κ1) is 18.4. The van der Waals surface area contributed by atoms with Gasteiger partial charge in [-0.3, -0.25) is 0 Å². The molecule has 2 fully saturated rings. The van der Waals surface area contributed by atoms with Crippen molar-refractivity contribution >= 4 is 37.4 Å². The lowest BCUT2D eigenvalue weighted by Crippen LogP contribution is -2.36. The van der Waals surface area contributed by atoms with E-state index < -0.39 is 9.70 Å². The molecule has 0 bridgehead atoms. The molecule has 148 valence electrons. The highest BCUT2D eigenvalue weighted by Gasteiger charge is 2.21. The first-order valence-corrected chi connectivity index (χ1v) is 11.5. The van der Waals surface area contributed by atoms with E-state index in [0.717, 1.165) is 65.5 Å². The molecule has 0 saturated carbocycles.